The Morgan fingerprint density at radius 3 is 2.73 bits per heavy atom. The molecule has 1 fully saturated rings. The molecule has 0 unspecified atom stereocenters. The molecule has 2 aliphatic rings. The number of likely N-dealkylation sites (tertiary alicyclic amines) is 1. The first-order chi connectivity index (χ1) is 15.9. The van der Waals surface area contributed by atoms with Gasteiger partial charge in [0.15, 0.2) is 11.7 Å². The molecule has 9 nitrogen and oxygen atoms in total. The minimum absolute atomic E-state index is 0.0179. The van der Waals surface area contributed by atoms with E-state index in [-0.39, 0.29) is 16.5 Å². The average molecular weight is 470 g/mol. The van der Waals surface area contributed by atoms with Crippen LogP contribution in [0.4, 0.5) is 15.9 Å². The molecule has 1 saturated heterocycles. The minimum Gasteiger partial charge on any atom is -0.383 e. The summed E-state index contributed by atoms with van der Waals surface area (Å²) in [6, 6.07) is 7.06. The van der Waals surface area contributed by atoms with E-state index < -0.39 is 5.82 Å². The second-order valence-corrected chi connectivity index (χ2v) is 8.76. The van der Waals surface area contributed by atoms with E-state index in [1.165, 1.54) is 16.2 Å². The lowest BCUT2D eigenvalue weighted by Crippen LogP contribution is -2.42. The lowest BCUT2D eigenvalue weighted by molar-refractivity contribution is 0.212. The Morgan fingerprint density at radius 1 is 1.15 bits per heavy atom. The van der Waals surface area contributed by atoms with Gasteiger partial charge < -0.3 is 10.6 Å². The molecule has 2 aromatic heterocycles. The summed E-state index contributed by atoms with van der Waals surface area (Å²) in [5, 5.41) is 12.1. The molecule has 0 radical (unpaired) electrons. The van der Waals surface area contributed by atoms with Crippen LogP contribution in [0.1, 0.15) is 24.4 Å². The molecule has 1 aromatic carbocycles. The Hall–Kier alpha value is -3.21. The number of hydrazone groups is 1. The number of hydrazine groups is 2. The maximum absolute atomic E-state index is 14.8. The van der Waals surface area contributed by atoms with Crippen molar-refractivity contribution in [3.05, 3.63) is 59.3 Å². The van der Waals surface area contributed by atoms with Gasteiger partial charge in [0.2, 0.25) is 0 Å². The third-order valence-corrected chi connectivity index (χ3v) is 6.32. The Kier molecular flexibility index (Phi) is 5.65. The zero-order valence-electron chi connectivity index (χ0n) is 18.4. The number of nitrogens with two attached hydrogens (primary N) is 1. The smallest absolute Gasteiger partial charge is 0.181 e. The van der Waals surface area contributed by atoms with E-state index in [1.54, 1.807) is 25.4 Å². The van der Waals surface area contributed by atoms with E-state index in [1.807, 2.05) is 23.1 Å². The van der Waals surface area contributed by atoms with Crippen molar-refractivity contribution in [2.75, 3.05) is 37.9 Å². The van der Waals surface area contributed by atoms with Crippen LogP contribution in [0, 0.1) is 5.82 Å². The number of nitrogen functional groups attached to an aromatic ring is 1. The standard InChI is InChI=1S/C22H25ClFN9/c1-30-8-6-16(7-9-30)32-13-15(12-27-32)14-10-17(21(25)26-11-14)22-28-31(2)29-33(22)19-5-3-4-18(23)20(19)24/h3-5,10-13,16,29H,6-9H2,1-2H3,(H2,25,26). The number of nitrogens with zero attached hydrogens (tertiary/aromatic N) is 7. The van der Waals surface area contributed by atoms with Crippen LogP contribution in [0.25, 0.3) is 11.1 Å². The predicted molar refractivity (Wildman–Crippen MR) is 127 cm³/mol. The SMILES string of the molecule is CN1CCC(n2cc(-c3cnc(N)c(C4=NN(C)NN4c4cccc(Cl)c4F)c3)cn2)CC1. The van der Waals surface area contributed by atoms with Gasteiger partial charge in [-0.25, -0.2) is 19.5 Å². The summed E-state index contributed by atoms with van der Waals surface area (Å²) >= 11 is 6.00. The molecule has 3 N–H and O–H groups in total. The molecule has 172 valence electrons. The predicted octanol–water partition coefficient (Wildman–Crippen LogP) is 3.12. The number of piperidine rings is 1. The van der Waals surface area contributed by atoms with E-state index in [0.29, 0.717) is 17.4 Å². The maximum atomic E-state index is 14.8. The van der Waals surface area contributed by atoms with Gasteiger partial charge >= 0.3 is 0 Å². The highest BCUT2D eigenvalue weighted by Gasteiger charge is 2.29. The van der Waals surface area contributed by atoms with Crippen LogP contribution in [0.3, 0.4) is 0 Å². The molecule has 0 saturated carbocycles. The fourth-order valence-corrected chi connectivity index (χ4v) is 4.34. The van der Waals surface area contributed by atoms with Crippen LogP contribution in [0.15, 0.2) is 48.0 Å². The van der Waals surface area contributed by atoms with Gasteiger partial charge in [-0.1, -0.05) is 17.7 Å². The fraction of sp³-hybridized carbons (Fsp3) is 0.318. The number of pyridine rings is 1. The van der Waals surface area contributed by atoms with Crippen molar-refractivity contribution in [3.63, 3.8) is 0 Å². The van der Waals surface area contributed by atoms with Crippen molar-refractivity contribution in [2.24, 2.45) is 5.10 Å². The van der Waals surface area contributed by atoms with Gasteiger partial charge in [-0.3, -0.25) is 4.68 Å². The number of benzene rings is 1. The fourth-order valence-electron chi connectivity index (χ4n) is 4.17. The van der Waals surface area contributed by atoms with Crippen LogP contribution in [-0.2, 0) is 0 Å². The summed E-state index contributed by atoms with van der Waals surface area (Å²) in [5.41, 5.74) is 11.8. The molecule has 0 atom stereocenters. The molecule has 3 aromatic rings. The number of rotatable bonds is 4. The Labute approximate surface area is 196 Å². The van der Waals surface area contributed by atoms with Crippen LogP contribution in [0.5, 0.6) is 0 Å². The van der Waals surface area contributed by atoms with Gasteiger partial charge in [0.05, 0.1) is 28.5 Å². The molecule has 11 heteroatoms. The van der Waals surface area contributed by atoms with Crippen molar-refractivity contribution < 1.29 is 4.39 Å². The Balaban J connectivity index is 1.48. The van der Waals surface area contributed by atoms with Crippen molar-refractivity contribution in [1.82, 2.24) is 30.3 Å². The second-order valence-electron chi connectivity index (χ2n) is 8.36. The van der Waals surface area contributed by atoms with Gasteiger partial charge in [-0.05, 0) is 51.2 Å². The highest BCUT2D eigenvalue weighted by molar-refractivity contribution is 6.31. The van der Waals surface area contributed by atoms with Crippen LogP contribution < -0.4 is 16.3 Å². The molecule has 5 rings (SSSR count). The molecule has 0 aliphatic carbocycles. The summed E-state index contributed by atoms with van der Waals surface area (Å²) in [6.07, 6.45) is 7.73. The van der Waals surface area contributed by atoms with E-state index in [2.05, 4.69) is 32.7 Å². The average Bonchev–Trinajstić information content (AvgIpc) is 3.44. The lowest BCUT2D eigenvalue weighted by Gasteiger charge is -2.28. The third-order valence-electron chi connectivity index (χ3n) is 6.03. The summed E-state index contributed by atoms with van der Waals surface area (Å²) < 4.78 is 16.8. The molecule has 33 heavy (non-hydrogen) atoms. The summed E-state index contributed by atoms with van der Waals surface area (Å²) in [4.78, 5) is 6.72. The van der Waals surface area contributed by atoms with E-state index in [4.69, 9.17) is 17.3 Å². The lowest BCUT2D eigenvalue weighted by atomic mass is 10.1. The number of hydrogen-bond acceptors (Lipinski definition) is 8. The molecular weight excluding hydrogens is 445 g/mol. The molecule has 0 spiro atoms. The minimum atomic E-state index is -0.559. The van der Waals surface area contributed by atoms with Crippen LogP contribution >= 0.6 is 11.6 Å². The zero-order valence-corrected chi connectivity index (χ0v) is 19.2. The van der Waals surface area contributed by atoms with Crippen molar-refractivity contribution in [1.29, 1.82) is 0 Å². The van der Waals surface area contributed by atoms with E-state index in [0.717, 1.165) is 37.1 Å². The summed E-state index contributed by atoms with van der Waals surface area (Å²) in [7, 11) is 3.85. The maximum Gasteiger partial charge on any atom is 0.181 e. The molecule has 0 amide bonds. The normalized spacial score (nSPS) is 17.6. The first kappa shape index (κ1) is 21.6. The highest BCUT2D eigenvalue weighted by Crippen LogP contribution is 2.31. The highest BCUT2D eigenvalue weighted by atomic mass is 35.5. The third kappa shape index (κ3) is 4.12. The van der Waals surface area contributed by atoms with E-state index >= 15 is 0 Å². The number of aromatic nitrogens is 3. The first-order valence-corrected chi connectivity index (χ1v) is 11.1. The summed E-state index contributed by atoms with van der Waals surface area (Å²) in [5.74, 6) is 0.134. The van der Waals surface area contributed by atoms with Gasteiger partial charge in [0, 0.05) is 30.6 Å². The number of anilines is 2. The molecule has 2 aliphatic heterocycles. The van der Waals surface area contributed by atoms with Crippen molar-refractivity contribution >= 4 is 28.9 Å². The quantitative estimate of drug-likeness (QED) is 0.606. The van der Waals surface area contributed by atoms with Gasteiger partial charge in [-0.15, -0.1) is 10.6 Å². The van der Waals surface area contributed by atoms with Gasteiger partial charge in [0.25, 0.3) is 0 Å². The summed E-state index contributed by atoms with van der Waals surface area (Å²) in [6.45, 7) is 2.12. The molecule has 4 heterocycles. The van der Waals surface area contributed by atoms with Crippen LogP contribution in [0.2, 0.25) is 5.02 Å². The van der Waals surface area contributed by atoms with E-state index in [9.17, 15) is 4.39 Å². The number of halogens is 2. The zero-order chi connectivity index (χ0) is 23.1. The first-order valence-electron chi connectivity index (χ1n) is 10.7. The molecule has 0 bridgehead atoms. The number of nitrogens with one attached hydrogen (secondary N) is 1. The second kappa shape index (κ2) is 8.62. The Bertz CT molecular complexity index is 1200. The topological polar surface area (TPSA) is 90.8 Å². The Morgan fingerprint density at radius 2 is 1.94 bits per heavy atom. The van der Waals surface area contributed by atoms with Crippen molar-refractivity contribution in [3.8, 4) is 11.1 Å². The number of amidine groups is 1. The van der Waals surface area contributed by atoms with Crippen molar-refractivity contribution in [2.45, 2.75) is 18.9 Å². The largest absolute Gasteiger partial charge is 0.383 e. The van der Waals surface area contributed by atoms with Gasteiger partial charge in [-0.2, -0.15) is 5.10 Å². The van der Waals surface area contributed by atoms with Crippen LogP contribution in [-0.4, -0.2) is 57.8 Å². The van der Waals surface area contributed by atoms with Gasteiger partial charge in [0.1, 0.15) is 5.82 Å². The number of hydrogen-bond donors (Lipinski definition) is 2. The monoisotopic (exact) mass is 469 g/mol. The molecular formula is C22H25ClFN9.